The van der Waals surface area contributed by atoms with Gasteiger partial charge in [0.05, 0.1) is 23.7 Å². The summed E-state index contributed by atoms with van der Waals surface area (Å²) in [4.78, 5) is 12.4. The number of carbonyl (C=O) groups excluding carboxylic acids is 1. The third kappa shape index (κ3) is 4.35. The number of halogens is 1. The number of rotatable bonds is 5. The first-order valence-electron chi connectivity index (χ1n) is 8.48. The molecule has 1 fully saturated rings. The van der Waals surface area contributed by atoms with E-state index < -0.39 is 21.8 Å². The molecular formula is C19H20FNO5S. The number of sulfonamides is 1. The SMILES string of the molecule is Cc1ccc(C(=O)OCc2ccccc2F)cc1S(=O)(=O)N1CCOCC1. The second-order valence-electron chi connectivity index (χ2n) is 6.16. The van der Waals surface area contributed by atoms with Gasteiger partial charge in [0.2, 0.25) is 10.0 Å². The van der Waals surface area contributed by atoms with Crippen molar-refractivity contribution >= 4 is 16.0 Å². The fraction of sp³-hybridized carbons (Fsp3) is 0.316. The van der Waals surface area contributed by atoms with E-state index >= 15 is 0 Å². The largest absolute Gasteiger partial charge is 0.457 e. The predicted octanol–water partition coefficient (Wildman–Crippen LogP) is 2.51. The highest BCUT2D eigenvalue weighted by Crippen LogP contribution is 2.23. The van der Waals surface area contributed by atoms with Crippen LogP contribution in [0.2, 0.25) is 0 Å². The molecule has 0 unspecified atom stereocenters. The molecule has 0 N–H and O–H groups in total. The lowest BCUT2D eigenvalue weighted by Crippen LogP contribution is -2.40. The number of nitrogens with zero attached hydrogens (tertiary/aromatic N) is 1. The Morgan fingerprint density at radius 2 is 1.89 bits per heavy atom. The summed E-state index contributed by atoms with van der Waals surface area (Å²) < 4.78 is 51.1. The van der Waals surface area contributed by atoms with Crippen molar-refractivity contribution in [3.63, 3.8) is 0 Å². The highest BCUT2D eigenvalue weighted by Gasteiger charge is 2.28. The molecule has 2 aromatic carbocycles. The van der Waals surface area contributed by atoms with E-state index in [1.165, 1.54) is 28.6 Å². The molecule has 8 heteroatoms. The third-order valence-electron chi connectivity index (χ3n) is 4.33. The number of carbonyl (C=O) groups is 1. The van der Waals surface area contributed by atoms with Gasteiger partial charge in [-0.2, -0.15) is 4.31 Å². The molecule has 0 saturated carbocycles. The molecule has 27 heavy (non-hydrogen) atoms. The van der Waals surface area contributed by atoms with E-state index in [4.69, 9.17) is 9.47 Å². The molecular weight excluding hydrogens is 373 g/mol. The van der Waals surface area contributed by atoms with E-state index in [1.54, 1.807) is 25.1 Å². The average Bonchev–Trinajstić information content (AvgIpc) is 2.68. The van der Waals surface area contributed by atoms with Crippen LogP contribution in [-0.4, -0.2) is 45.0 Å². The molecule has 0 radical (unpaired) electrons. The molecule has 0 bridgehead atoms. The summed E-state index contributed by atoms with van der Waals surface area (Å²) in [6, 6.07) is 10.4. The topological polar surface area (TPSA) is 72.9 Å². The van der Waals surface area contributed by atoms with Gasteiger partial charge < -0.3 is 9.47 Å². The van der Waals surface area contributed by atoms with E-state index in [1.807, 2.05) is 0 Å². The van der Waals surface area contributed by atoms with Gasteiger partial charge in [0.15, 0.2) is 0 Å². The molecule has 0 atom stereocenters. The number of ether oxygens (including phenoxy) is 2. The zero-order valence-electron chi connectivity index (χ0n) is 14.9. The maximum Gasteiger partial charge on any atom is 0.338 e. The molecule has 1 aliphatic rings. The maximum absolute atomic E-state index is 13.6. The summed E-state index contributed by atoms with van der Waals surface area (Å²) in [6.07, 6.45) is 0. The Hall–Kier alpha value is -2.29. The van der Waals surface area contributed by atoms with Crippen molar-refractivity contribution < 1.29 is 27.1 Å². The molecule has 2 aromatic rings. The van der Waals surface area contributed by atoms with Crippen molar-refractivity contribution in [3.8, 4) is 0 Å². The second kappa shape index (κ2) is 8.16. The smallest absolute Gasteiger partial charge is 0.338 e. The highest BCUT2D eigenvalue weighted by atomic mass is 32.2. The number of benzene rings is 2. The van der Waals surface area contributed by atoms with Crippen LogP contribution in [0.1, 0.15) is 21.5 Å². The van der Waals surface area contributed by atoms with Crippen LogP contribution in [0.4, 0.5) is 4.39 Å². The molecule has 0 amide bonds. The first-order valence-corrected chi connectivity index (χ1v) is 9.92. The molecule has 1 aliphatic heterocycles. The molecule has 0 aromatic heterocycles. The van der Waals surface area contributed by atoms with Gasteiger partial charge in [-0.1, -0.05) is 24.3 Å². The van der Waals surface area contributed by atoms with Crippen molar-refractivity contribution in [2.24, 2.45) is 0 Å². The summed E-state index contributed by atoms with van der Waals surface area (Å²) in [6.45, 7) is 2.64. The van der Waals surface area contributed by atoms with Crippen LogP contribution in [0.15, 0.2) is 47.4 Å². The normalized spacial score (nSPS) is 15.5. The van der Waals surface area contributed by atoms with Gasteiger partial charge in [-0.3, -0.25) is 0 Å². The number of esters is 1. The lowest BCUT2D eigenvalue weighted by Gasteiger charge is -2.26. The minimum Gasteiger partial charge on any atom is -0.457 e. The summed E-state index contributed by atoms with van der Waals surface area (Å²) >= 11 is 0. The Morgan fingerprint density at radius 1 is 1.19 bits per heavy atom. The molecule has 6 nitrogen and oxygen atoms in total. The van der Waals surface area contributed by atoms with Gasteiger partial charge >= 0.3 is 5.97 Å². The molecule has 144 valence electrons. The summed E-state index contributed by atoms with van der Waals surface area (Å²) in [5, 5.41) is 0. The summed E-state index contributed by atoms with van der Waals surface area (Å²) in [5.41, 5.74) is 0.884. The van der Waals surface area contributed by atoms with E-state index in [9.17, 15) is 17.6 Å². The first-order chi connectivity index (χ1) is 12.9. The minimum absolute atomic E-state index is 0.0599. The van der Waals surface area contributed by atoms with Crippen molar-refractivity contribution in [1.82, 2.24) is 4.31 Å². The van der Waals surface area contributed by atoms with Gasteiger partial charge in [-0.25, -0.2) is 17.6 Å². The number of aryl methyl sites for hydroxylation is 1. The monoisotopic (exact) mass is 393 g/mol. The molecule has 1 saturated heterocycles. The van der Waals surface area contributed by atoms with E-state index in [2.05, 4.69) is 0 Å². The van der Waals surface area contributed by atoms with Crippen molar-refractivity contribution in [2.75, 3.05) is 26.3 Å². The van der Waals surface area contributed by atoms with Gasteiger partial charge in [-0.15, -0.1) is 0 Å². The lowest BCUT2D eigenvalue weighted by atomic mass is 10.1. The van der Waals surface area contributed by atoms with Gasteiger partial charge in [0.1, 0.15) is 12.4 Å². The number of hydrogen-bond acceptors (Lipinski definition) is 5. The molecule has 3 rings (SSSR count). The Kier molecular flexibility index (Phi) is 5.88. The van der Waals surface area contributed by atoms with E-state index in [0.717, 1.165) is 0 Å². The predicted molar refractivity (Wildman–Crippen MR) is 96.3 cm³/mol. The van der Waals surface area contributed by atoms with Crippen LogP contribution in [0.5, 0.6) is 0 Å². The fourth-order valence-corrected chi connectivity index (χ4v) is 4.43. The zero-order chi connectivity index (χ0) is 19.4. The van der Waals surface area contributed by atoms with E-state index in [-0.39, 0.29) is 35.7 Å². The van der Waals surface area contributed by atoms with Crippen LogP contribution in [0, 0.1) is 12.7 Å². The van der Waals surface area contributed by atoms with Crippen molar-refractivity contribution in [1.29, 1.82) is 0 Å². The highest BCUT2D eigenvalue weighted by molar-refractivity contribution is 7.89. The number of morpholine rings is 1. The second-order valence-corrected chi connectivity index (χ2v) is 8.07. The van der Waals surface area contributed by atoms with Gasteiger partial charge in [-0.05, 0) is 30.7 Å². The van der Waals surface area contributed by atoms with Crippen LogP contribution in [0.25, 0.3) is 0 Å². The fourth-order valence-electron chi connectivity index (χ4n) is 2.77. The van der Waals surface area contributed by atoms with Gasteiger partial charge in [0, 0.05) is 18.7 Å². The molecule has 0 spiro atoms. The van der Waals surface area contributed by atoms with Crippen molar-refractivity contribution in [2.45, 2.75) is 18.4 Å². The quantitative estimate of drug-likeness (QED) is 0.730. The Bertz CT molecular complexity index is 939. The Morgan fingerprint density at radius 3 is 2.59 bits per heavy atom. The number of hydrogen-bond donors (Lipinski definition) is 0. The Labute approximate surface area is 157 Å². The minimum atomic E-state index is -3.74. The molecule has 0 aliphatic carbocycles. The first kappa shape index (κ1) is 19.5. The molecule has 1 heterocycles. The zero-order valence-corrected chi connectivity index (χ0v) is 15.7. The van der Waals surface area contributed by atoms with Crippen LogP contribution < -0.4 is 0 Å². The maximum atomic E-state index is 13.6. The Balaban J connectivity index is 1.80. The van der Waals surface area contributed by atoms with Crippen LogP contribution in [-0.2, 0) is 26.1 Å². The standard InChI is InChI=1S/C19H20FNO5S/c1-14-6-7-15(19(22)26-13-16-4-2-3-5-17(16)20)12-18(14)27(23,24)21-8-10-25-11-9-21/h2-7,12H,8-11,13H2,1H3. The van der Waals surface area contributed by atoms with Crippen LogP contribution >= 0.6 is 0 Å². The van der Waals surface area contributed by atoms with E-state index in [0.29, 0.717) is 18.8 Å². The lowest BCUT2D eigenvalue weighted by molar-refractivity contribution is 0.0468. The summed E-state index contributed by atoms with van der Waals surface area (Å²) in [7, 11) is -3.74. The van der Waals surface area contributed by atoms with Gasteiger partial charge in [0.25, 0.3) is 0 Å². The van der Waals surface area contributed by atoms with Crippen molar-refractivity contribution in [3.05, 3.63) is 65.0 Å². The third-order valence-corrected chi connectivity index (χ3v) is 6.37. The summed E-state index contributed by atoms with van der Waals surface area (Å²) in [5.74, 6) is -1.18. The average molecular weight is 393 g/mol. The van der Waals surface area contributed by atoms with Crippen LogP contribution in [0.3, 0.4) is 0 Å².